The van der Waals surface area contributed by atoms with Crippen LogP contribution in [0, 0.1) is 6.92 Å². The second-order valence-corrected chi connectivity index (χ2v) is 3.99. The molecule has 0 bridgehead atoms. The van der Waals surface area contributed by atoms with E-state index in [4.69, 9.17) is 10.3 Å². The Kier molecular flexibility index (Phi) is 3.39. The van der Waals surface area contributed by atoms with Gasteiger partial charge < -0.3 is 9.30 Å². The van der Waals surface area contributed by atoms with E-state index < -0.39 is 5.97 Å². The SMILES string of the molecule is CCOC(=O)c1cc2nc(C)n(C)c2cc1N=[N+]=[N-]. The van der Waals surface area contributed by atoms with Gasteiger partial charge in [-0.2, -0.15) is 0 Å². The van der Waals surface area contributed by atoms with Crippen molar-refractivity contribution in [3.05, 3.63) is 34.0 Å². The summed E-state index contributed by atoms with van der Waals surface area (Å²) >= 11 is 0. The van der Waals surface area contributed by atoms with E-state index in [1.807, 2.05) is 18.5 Å². The van der Waals surface area contributed by atoms with Gasteiger partial charge in [0.15, 0.2) is 0 Å². The number of azide groups is 1. The van der Waals surface area contributed by atoms with Crippen molar-refractivity contribution in [2.75, 3.05) is 6.61 Å². The van der Waals surface area contributed by atoms with Gasteiger partial charge in [-0.15, -0.1) is 0 Å². The molecule has 1 aromatic heterocycles. The van der Waals surface area contributed by atoms with E-state index in [0.717, 1.165) is 11.3 Å². The number of aryl methyl sites for hydroxylation is 2. The number of hydrogen-bond acceptors (Lipinski definition) is 4. The molecule has 1 heterocycles. The first kappa shape index (κ1) is 12.9. The van der Waals surface area contributed by atoms with Gasteiger partial charge in [-0.1, -0.05) is 5.11 Å². The first-order chi connectivity index (χ1) is 9.08. The first-order valence-corrected chi connectivity index (χ1v) is 5.77. The van der Waals surface area contributed by atoms with E-state index in [1.54, 1.807) is 19.1 Å². The standard InChI is InChI=1S/C12H13N5O2/c1-4-19-12(18)8-5-10-11(6-9(8)15-16-13)17(3)7(2)14-10/h5-6H,4H2,1-3H3. The highest BCUT2D eigenvalue weighted by atomic mass is 16.5. The van der Waals surface area contributed by atoms with Crippen LogP contribution < -0.4 is 0 Å². The molecule has 0 N–H and O–H groups in total. The van der Waals surface area contributed by atoms with Crippen molar-refractivity contribution in [2.45, 2.75) is 13.8 Å². The normalized spacial score (nSPS) is 10.3. The molecule has 2 aromatic rings. The summed E-state index contributed by atoms with van der Waals surface area (Å²) in [6, 6.07) is 3.23. The number of fused-ring (bicyclic) bond motifs is 1. The third-order valence-electron chi connectivity index (χ3n) is 2.87. The highest BCUT2D eigenvalue weighted by Crippen LogP contribution is 2.27. The topological polar surface area (TPSA) is 92.9 Å². The summed E-state index contributed by atoms with van der Waals surface area (Å²) in [4.78, 5) is 18.9. The fourth-order valence-electron chi connectivity index (χ4n) is 1.85. The maximum absolute atomic E-state index is 11.8. The van der Waals surface area contributed by atoms with Crippen LogP contribution in [0.4, 0.5) is 5.69 Å². The number of esters is 1. The van der Waals surface area contributed by atoms with E-state index in [1.165, 1.54) is 0 Å². The molecule has 0 unspecified atom stereocenters. The van der Waals surface area contributed by atoms with Gasteiger partial charge in [-0.25, -0.2) is 9.78 Å². The minimum Gasteiger partial charge on any atom is -0.462 e. The zero-order valence-corrected chi connectivity index (χ0v) is 10.9. The smallest absolute Gasteiger partial charge is 0.338 e. The molecular formula is C12H13N5O2. The molecule has 0 saturated heterocycles. The lowest BCUT2D eigenvalue weighted by molar-refractivity contribution is 0.0527. The van der Waals surface area contributed by atoms with Crippen molar-refractivity contribution < 1.29 is 9.53 Å². The number of ether oxygens (including phenoxy) is 1. The van der Waals surface area contributed by atoms with E-state index >= 15 is 0 Å². The van der Waals surface area contributed by atoms with E-state index in [-0.39, 0.29) is 17.9 Å². The second kappa shape index (κ2) is 4.99. The van der Waals surface area contributed by atoms with Crippen molar-refractivity contribution >= 4 is 22.7 Å². The van der Waals surface area contributed by atoms with Gasteiger partial charge in [0.1, 0.15) is 5.82 Å². The monoisotopic (exact) mass is 259 g/mol. The number of carbonyl (C=O) groups is 1. The Labute approximate surface area is 109 Å². The number of benzene rings is 1. The van der Waals surface area contributed by atoms with Crippen LogP contribution in [0.1, 0.15) is 23.1 Å². The third-order valence-corrected chi connectivity index (χ3v) is 2.87. The maximum atomic E-state index is 11.8. The van der Waals surface area contributed by atoms with Crippen molar-refractivity contribution in [1.82, 2.24) is 9.55 Å². The number of rotatable bonds is 3. The van der Waals surface area contributed by atoms with E-state index in [2.05, 4.69) is 15.0 Å². The summed E-state index contributed by atoms with van der Waals surface area (Å²) in [5.74, 6) is 0.290. The number of hydrogen-bond donors (Lipinski definition) is 0. The molecule has 19 heavy (non-hydrogen) atoms. The molecule has 0 spiro atoms. The number of nitrogens with zero attached hydrogens (tertiary/aromatic N) is 5. The van der Waals surface area contributed by atoms with Gasteiger partial charge in [-0.3, -0.25) is 0 Å². The average Bonchev–Trinajstić information content (AvgIpc) is 2.65. The molecule has 1 aromatic carbocycles. The zero-order valence-electron chi connectivity index (χ0n) is 10.9. The second-order valence-electron chi connectivity index (χ2n) is 3.99. The summed E-state index contributed by atoms with van der Waals surface area (Å²) in [7, 11) is 1.86. The predicted octanol–water partition coefficient (Wildman–Crippen LogP) is 3.00. The van der Waals surface area contributed by atoms with Crippen LogP contribution in [0.15, 0.2) is 17.2 Å². The lowest BCUT2D eigenvalue weighted by Gasteiger charge is -2.05. The average molecular weight is 259 g/mol. The molecule has 0 aliphatic carbocycles. The van der Waals surface area contributed by atoms with Gasteiger partial charge in [0.2, 0.25) is 0 Å². The minimum atomic E-state index is -0.518. The molecule has 0 aliphatic rings. The van der Waals surface area contributed by atoms with Crippen molar-refractivity contribution in [2.24, 2.45) is 12.2 Å². The summed E-state index contributed by atoms with van der Waals surface area (Å²) < 4.78 is 6.81. The van der Waals surface area contributed by atoms with Gasteiger partial charge in [-0.05, 0) is 31.5 Å². The van der Waals surface area contributed by atoms with Crippen molar-refractivity contribution in [3.8, 4) is 0 Å². The Balaban J connectivity index is 2.70. The lowest BCUT2D eigenvalue weighted by atomic mass is 10.1. The fourth-order valence-corrected chi connectivity index (χ4v) is 1.85. The number of aromatic nitrogens is 2. The third kappa shape index (κ3) is 2.23. The van der Waals surface area contributed by atoms with Gasteiger partial charge in [0, 0.05) is 12.0 Å². The summed E-state index contributed by atoms with van der Waals surface area (Å²) in [5.41, 5.74) is 10.5. The Morgan fingerprint density at radius 1 is 1.58 bits per heavy atom. The molecular weight excluding hydrogens is 246 g/mol. The van der Waals surface area contributed by atoms with E-state index in [9.17, 15) is 4.79 Å². The molecule has 0 fully saturated rings. The summed E-state index contributed by atoms with van der Waals surface area (Å²) in [6.45, 7) is 3.83. The lowest BCUT2D eigenvalue weighted by Crippen LogP contribution is -2.05. The van der Waals surface area contributed by atoms with Crippen molar-refractivity contribution in [1.29, 1.82) is 0 Å². The van der Waals surface area contributed by atoms with Gasteiger partial charge in [0.05, 0.1) is 28.9 Å². The van der Waals surface area contributed by atoms with Gasteiger partial charge in [0.25, 0.3) is 0 Å². The van der Waals surface area contributed by atoms with Crippen LogP contribution in [0.25, 0.3) is 21.5 Å². The highest BCUT2D eigenvalue weighted by Gasteiger charge is 2.15. The summed E-state index contributed by atoms with van der Waals surface area (Å²) in [5, 5.41) is 3.55. The molecule has 0 radical (unpaired) electrons. The Morgan fingerprint density at radius 2 is 2.32 bits per heavy atom. The largest absolute Gasteiger partial charge is 0.462 e. The molecule has 2 rings (SSSR count). The molecule has 0 saturated carbocycles. The highest BCUT2D eigenvalue weighted by molar-refractivity contribution is 5.99. The van der Waals surface area contributed by atoms with Gasteiger partial charge >= 0.3 is 5.97 Å². The first-order valence-electron chi connectivity index (χ1n) is 5.77. The quantitative estimate of drug-likeness (QED) is 0.367. The van der Waals surface area contributed by atoms with Crippen LogP contribution in [0.3, 0.4) is 0 Å². The Bertz CT molecular complexity index is 698. The Morgan fingerprint density at radius 3 is 2.95 bits per heavy atom. The minimum absolute atomic E-state index is 0.227. The van der Waals surface area contributed by atoms with Crippen LogP contribution in [-0.4, -0.2) is 22.1 Å². The number of carbonyl (C=O) groups excluding carboxylic acids is 1. The molecule has 0 amide bonds. The van der Waals surface area contributed by atoms with E-state index in [0.29, 0.717) is 5.52 Å². The van der Waals surface area contributed by atoms with Crippen LogP contribution in [-0.2, 0) is 11.8 Å². The molecule has 7 nitrogen and oxygen atoms in total. The number of imidazole rings is 1. The Hall–Kier alpha value is -2.53. The van der Waals surface area contributed by atoms with Crippen LogP contribution >= 0.6 is 0 Å². The maximum Gasteiger partial charge on any atom is 0.338 e. The van der Waals surface area contributed by atoms with Crippen LogP contribution in [0.2, 0.25) is 0 Å². The fraction of sp³-hybridized carbons (Fsp3) is 0.333. The molecule has 0 aliphatic heterocycles. The summed E-state index contributed by atoms with van der Waals surface area (Å²) in [6.07, 6.45) is 0. The van der Waals surface area contributed by atoms with Crippen molar-refractivity contribution in [3.63, 3.8) is 0 Å². The molecule has 98 valence electrons. The van der Waals surface area contributed by atoms with Crippen LogP contribution in [0.5, 0.6) is 0 Å². The molecule has 0 atom stereocenters. The molecule has 7 heteroatoms. The predicted molar refractivity (Wildman–Crippen MR) is 70.2 cm³/mol. The zero-order chi connectivity index (χ0) is 14.0.